The van der Waals surface area contributed by atoms with Gasteiger partial charge in [0.1, 0.15) is 6.54 Å². The number of anilines is 1. The van der Waals surface area contributed by atoms with Gasteiger partial charge in [0.05, 0.1) is 0 Å². The molecule has 1 aromatic rings. The van der Waals surface area contributed by atoms with Gasteiger partial charge in [-0.05, 0) is 49.4 Å². The second-order valence-electron chi connectivity index (χ2n) is 6.73. The van der Waals surface area contributed by atoms with Crippen molar-refractivity contribution in [2.45, 2.75) is 46.1 Å². The van der Waals surface area contributed by atoms with E-state index in [0.29, 0.717) is 17.7 Å². The maximum absolute atomic E-state index is 12.6. The number of carbonyl (C=O) groups is 3. The molecule has 2 rings (SSSR count). The van der Waals surface area contributed by atoms with Crippen LogP contribution in [0.2, 0.25) is 0 Å². The number of carboxylic acids is 1. The zero-order valence-corrected chi connectivity index (χ0v) is 14.3. The minimum absolute atomic E-state index is 0.0272. The fraction of sp³-hybridized carbons (Fsp3) is 0.500. The Morgan fingerprint density at radius 1 is 1.29 bits per heavy atom. The Hall–Kier alpha value is -2.37. The molecule has 2 amide bonds. The van der Waals surface area contributed by atoms with Gasteiger partial charge in [0.2, 0.25) is 5.91 Å². The van der Waals surface area contributed by atoms with Crippen molar-refractivity contribution in [3.05, 3.63) is 29.3 Å². The van der Waals surface area contributed by atoms with Crippen LogP contribution in [0.25, 0.3) is 0 Å². The van der Waals surface area contributed by atoms with E-state index in [2.05, 4.69) is 5.32 Å². The van der Waals surface area contributed by atoms with Crippen LogP contribution in [0.15, 0.2) is 18.2 Å². The van der Waals surface area contributed by atoms with Crippen molar-refractivity contribution in [1.82, 2.24) is 4.90 Å². The van der Waals surface area contributed by atoms with E-state index in [9.17, 15) is 14.4 Å². The van der Waals surface area contributed by atoms with Crippen LogP contribution in [0.3, 0.4) is 0 Å². The molecule has 0 aliphatic heterocycles. The Morgan fingerprint density at radius 3 is 2.46 bits per heavy atom. The van der Waals surface area contributed by atoms with Crippen LogP contribution >= 0.6 is 0 Å². The lowest BCUT2D eigenvalue weighted by molar-refractivity contribution is -0.137. The van der Waals surface area contributed by atoms with Gasteiger partial charge in [-0.3, -0.25) is 14.4 Å². The quantitative estimate of drug-likeness (QED) is 0.803. The average Bonchev–Trinajstić information content (AvgIpc) is 3.29. The summed E-state index contributed by atoms with van der Waals surface area (Å²) in [6.45, 7) is 5.49. The molecule has 1 aliphatic rings. The number of hydrogen-bond donors (Lipinski definition) is 2. The van der Waals surface area contributed by atoms with Gasteiger partial charge < -0.3 is 15.3 Å². The Balaban J connectivity index is 2.11. The van der Waals surface area contributed by atoms with Crippen molar-refractivity contribution >= 4 is 23.5 Å². The molecule has 0 spiro atoms. The summed E-state index contributed by atoms with van der Waals surface area (Å²) in [6, 6.07) is 5.06. The second-order valence-corrected chi connectivity index (χ2v) is 6.73. The third kappa shape index (κ3) is 4.81. The minimum Gasteiger partial charge on any atom is -0.480 e. The van der Waals surface area contributed by atoms with Gasteiger partial charge in [-0.2, -0.15) is 0 Å². The Labute approximate surface area is 141 Å². The first-order valence-corrected chi connectivity index (χ1v) is 8.21. The highest BCUT2D eigenvalue weighted by Crippen LogP contribution is 2.28. The fourth-order valence-electron chi connectivity index (χ4n) is 2.57. The molecule has 0 heterocycles. The van der Waals surface area contributed by atoms with Gasteiger partial charge >= 0.3 is 5.97 Å². The summed E-state index contributed by atoms with van der Waals surface area (Å²) in [6.07, 6.45) is 2.14. The van der Waals surface area contributed by atoms with Gasteiger partial charge in [-0.25, -0.2) is 0 Å². The van der Waals surface area contributed by atoms with Crippen LogP contribution in [0.4, 0.5) is 5.69 Å². The van der Waals surface area contributed by atoms with Crippen molar-refractivity contribution in [3.63, 3.8) is 0 Å². The summed E-state index contributed by atoms with van der Waals surface area (Å²) in [4.78, 5) is 36.8. The number of carbonyl (C=O) groups excluding carboxylic acids is 2. The molecule has 0 atom stereocenters. The highest BCUT2D eigenvalue weighted by atomic mass is 16.4. The van der Waals surface area contributed by atoms with Crippen LogP contribution in [0.5, 0.6) is 0 Å². The maximum Gasteiger partial charge on any atom is 0.323 e. The molecule has 6 heteroatoms. The lowest BCUT2D eigenvalue weighted by atomic mass is 10.1. The molecular formula is C18H24N2O4. The number of hydrogen-bond acceptors (Lipinski definition) is 3. The molecule has 0 unspecified atom stereocenters. The van der Waals surface area contributed by atoms with Crippen molar-refractivity contribution in [1.29, 1.82) is 0 Å². The summed E-state index contributed by atoms with van der Waals surface area (Å²) in [5.74, 6) is -1.07. The van der Waals surface area contributed by atoms with E-state index in [1.165, 1.54) is 4.90 Å². The first-order chi connectivity index (χ1) is 11.3. The highest BCUT2D eigenvalue weighted by molar-refractivity contribution is 5.98. The molecule has 6 nitrogen and oxygen atoms in total. The number of rotatable bonds is 7. The molecule has 0 saturated heterocycles. The van der Waals surface area contributed by atoms with Crippen molar-refractivity contribution in [2.24, 2.45) is 5.92 Å². The number of amides is 2. The van der Waals surface area contributed by atoms with Crippen LogP contribution in [0, 0.1) is 12.8 Å². The van der Waals surface area contributed by atoms with Crippen molar-refractivity contribution in [2.75, 3.05) is 11.9 Å². The Bertz CT molecular complexity index is 650. The summed E-state index contributed by atoms with van der Waals surface area (Å²) < 4.78 is 0. The molecule has 1 aliphatic carbocycles. The van der Waals surface area contributed by atoms with E-state index in [1.807, 2.05) is 20.8 Å². The highest BCUT2D eigenvalue weighted by Gasteiger charge is 2.34. The molecule has 0 radical (unpaired) electrons. The normalized spacial score (nSPS) is 13.7. The van der Waals surface area contributed by atoms with Gasteiger partial charge in [-0.15, -0.1) is 0 Å². The van der Waals surface area contributed by atoms with Crippen LogP contribution in [-0.4, -0.2) is 40.4 Å². The topological polar surface area (TPSA) is 86.7 Å². The van der Waals surface area contributed by atoms with Gasteiger partial charge in [0.25, 0.3) is 5.91 Å². The average molecular weight is 332 g/mol. The standard InChI is InChI=1S/C18H24N2O4/c1-11(2)8-16(21)19-15-7-4-13(9-12(15)3)18(24)20(10-17(22)23)14-5-6-14/h4,7,9,11,14H,5-6,8,10H2,1-3H3,(H,19,21)(H,22,23). The largest absolute Gasteiger partial charge is 0.480 e. The molecule has 2 N–H and O–H groups in total. The first kappa shape index (κ1) is 18.0. The molecule has 1 aromatic carbocycles. The summed E-state index contributed by atoms with van der Waals surface area (Å²) in [5, 5.41) is 11.8. The predicted octanol–water partition coefficient (Wildman–Crippen LogP) is 2.67. The lowest BCUT2D eigenvalue weighted by Gasteiger charge is -2.21. The fourth-order valence-corrected chi connectivity index (χ4v) is 2.57. The summed E-state index contributed by atoms with van der Waals surface area (Å²) in [7, 11) is 0. The van der Waals surface area contributed by atoms with Gasteiger partial charge in [0.15, 0.2) is 0 Å². The molecular weight excluding hydrogens is 308 g/mol. The third-order valence-electron chi connectivity index (χ3n) is 3.90. The van der Waals surface area contributed by atoms with Crippen molar-refractivity contribution < 1.29 is 19.5 Å². The van der Waals surface area contributed by atoms with E-state index in [0.717, 1.165) is 18.4 Å². The zero-order chi connectivity index (χ0) is 17.9. The molecule has 0 bridgehead atoms. The molecule has 1 saturated carbocycles. The van der Waals surface area contributed by atoms with Crippen LogP contribution < -0.4 is 5.32 Å². The predicted molar refractivity (Wildman–Crippen MR) is 91.0 cm³/mol. The van der Waals surface area contributed by atoms with Gasteiger partial charge in [-0.1, -0.05) is 13.8 Å². The van der Waals surface area contributed by atoms with E-state index >= 15 is 0 Å². The van der Waals surface area contributed by atoms with Gasteiger partial charge in [0, 0.05) is 23.7 Å². The third-order valence-corrected chi connectivity index (χ3v) is 3.90. The maximum atomic E-state index is 12.6. The number of nitrogens with one attached hydrogen (secondary N) is 1. The number of nitrogens with zero attached hydrogens (tertiary/aromatic N) is 1. The summed E-state index contributed by atoms with van der Waals surface area (Å²) in [5.41, 5.74) is 1.90. The Kier molecular flexibility index (Phi) is 5.59. The monoisotopic (exact) mass is 332 g/mol. The smallest absolute Gasteiger partial charge is 0.323 e. The van der Waals surface area contributed by atoms with E-state index in [1.54, 1.807) is 18.2 Å². The Morgan fingerprint density at radius 2 is 1.96 bits per heavy atom. The first-order valence-electron chi connectivity index (χ1n) is 8.21. The SMILES string of the molecule is Cc1cc(C(=O)N(CC(=O)O)C2CC2)ccc1NC(=O)CC(C)C. The van der Waals surface area contributed by atoms with E-state index < -0.39 is 5.97 Å². The van der Waals surface area contributed by atoms with Crippen molar-refractivity contribution in [3.8, 4) is 0 Å². The number of aryl methyl sites for hydroxylation is 1. The molecule has 0 aromatic heterocycles. The summed E-state index contributed by atoms with van der Waals surface area (Å²) >= 11 is 0. The number of benzene rings is 1. The molecule has 24 heavy (non-hydrogen) atoms. The zero-order valence-electron chi connectivity index (χ0n) is 14.3. The lowest BCUT2D eigenvalue weighted by Crippen LogP contribution is -2.37. The number of carboxylic acid groups (broad SMARTS) is 1. The minimum atomic E-state index is -1.01. The molecule has 1 fully saturated rings. The van der Waals surface area contributed by atoms with Crippen LogP contribution in [-0.2, 0) is 9.59 Å². The van der Waals surface area contributed by atoms with Crippen LogP contribution in [0.1, 0.15) is 49.0 Å². The van der Waals surface area contributed by atoms with E-state index in [-0.39, 0.29) is 30.3 Å². The number of aliphatic carboxylic acids is 1. The second kappa shape index (κ2) is 7.47. The van der Waals surface area contributed by atoms with E-state index in [4.69, 9.17) is 5.11 Å². The molecule has 130 valence electrons.